The van der Waals surface area contributed by atoms with Crippen LogP contribution in [-0.2, 0) is 6.54 Å². The molecule has 146 valence electrons. The number of ether oxygens (including phenoxy) is 1. The molecular weight excluding hydrogens is 375 g/mol. The van der Waals surface area contributed by atoms with Gasteiger partial charge in [-0.1, -0.05) is 6.08 Å². The van der Waals surface area contributed by atoms with E-state index in [9.17, 15) is 9.65 Å². The maximum absolute atomic E-state index is 14.6. The van der Waals surface area contributed by atoms with Gasteiger partial charge in [0.2, 0.25) is 0 Å². The molecule has 9 heteroatoms. The molecule has 0 fully saturated rings. The fourth-order valence-electron chi connectivity index (χ4n) is 3.28. The van der Waals surface area contributed by atoms with Gasteiger partial charge in [-0.25, -0.2) is 9.37 Å². The number of rotatable bonds is 4. The van der Waals surface area contributed by atoms with E-state index in [1.165, 1.54) is 19.4 Å². The number of hydrogen-bond acceptors (Lipinski definition) is 6. The Kier molecular flexibility index (Phi) is 4.68. The minimum atomic E-state index is -1.30. The molecule has 1 aliphatic rings. The summed E-state index contributed by atoms with van der Waals surface area (Å²) in [6.45, 7) is 2.04. The van der Waals surface area contributed by atoms with Crippen LogP contribution in [0.3, 0.4) is 0 Å². The lowest BCUT2D eigenvalue weighted by molar-refractivity contribution is 0.282. The number of methoxy groups -OCH3 is 1. The van der Waals surface area contributed by atoms with E-state index in [2.05, 4.69) is 26.0 Å². The van der Waals surface area contributed by atoms with Crippen LogP contribution in [0.5, 0.6) is 6.01 Å². The van der Waals surface area contributed by atoms with Gasteiger partial charge >= 0.3 is 6.01 Å². The van der Waals surface area contributed by atoms with Crippen LogP contribution in [-0.4, -0.2) is 42.9 Å². The van der Waals surface area contributed by atoms with E-state index in [0.717, 1.165) is 0 Å². The summed E-state index contributed by atoms with van der Waals surface area (Å²) in [4.78, 5) is 17.5. The van der Waals surface area contributed by atoms with Crippen molar-refractivity contribution in [3.05, 3.63) is 53.7 Å². The highest BCUT2D eigenvalue weighted by atomic mass is 19.1. The number of imidazole rings is 1. The van der Waals surface area contributed by atoms with Crippen molar-refractivity contribution in [3.8, 4) is 23.5 Å². The number of aryl methyl sites for hydroxylation is 1. The average molecular weight is 393 g/mol. The quantitative estimate of drug-likeness (QED) is 0.628. The highest BCUT2D eigenvalue weighted by molar-refractivity contribution is 5.79. The molecule has 3 aromatic heterocycles. The smallest absolute Gasteiger partial charge is 0.318 e. The lowest BCUT2D eigenvalue weighted by Gasteiger charge is -2.19. The van der Waals surface area contributed by atoms with Crippen LogP contribution < -0.4 is 4.74 Å². The number of nitriles is 1. The van der Waals surface area contributed by atoms with Crippen molar-refractivity contribution in [2.75, 3.05) is 7.11 Å². The standard InChI is InChI=1S/C20H17FN6O2/c1-11-17-19(26-20(24-11)29-2)27(10-13-3-4-15(28)6-16(13)21)18(25-17)14-5-12(7-22)8-23-9-14/h3-6,8-9,13,16,28H,10H2,1-2H3/p+1. The molecule has 1 aliphatic carbocycles. The highest BCUT2D eigenvalue weighted by Gasteiger charge is 2.26. The summed E-state index contributed by atoms with van der Waals surface area (Å²) >= 11 is 0. The SMILES string of the molecule is COc1nc(C)c2nc(-c3cncc(C#N)c3)n(CC3C=CC([OH2+])=CC3F)c2n1. The summed E-state index contributed by atoms with van der Waals surface area (Å²) in [7, 11) is 1.48. The number of pyridine rings is 1. The average Bonchev–Trinajstić information content (AvgIpc) is 3.09. The van der Waals surface area contributed by atoms with Gasteiger partial charge in [0.1, 0.15) is 23.6 Å². The summed E-state index contributed by atoms with van der Waals surface area (Å²) in [6, 6.07) is 3.93. The van der Waals surface area contributed by atoms with Crippen molar-refractivity contribution in [3.63, 3.8) is 0 Å². The van der Waals surface area contributed by atoms with E-state index in [1.54, 1.807) is 35.9 Å². The van der Waals surface area contributed by atoms with Gasteiger partial charge < -0.3 is 14.4 Å². The number of alkyl halides is 1. The molecule has 0 spiro atoms. The Hall–Kier alpha value is -3.80. The molecule has 0 saturated carbocycles. The first-order valence-electron chi connectivity index (χ1n) is 8.90. The van der Waals surface area contributed by atoms with Crippen LogP contribution in [0.25, 0.3) is 22.6 Å². The van der Waals surface area contributed by atoms with E-state index in [0.29, 0.717) is 33.8 Å². The molecule has 2 atom stereocenters. The van der Waals surface area contributed by atoms with Crippen molar-refractivity contribution in [2.24, 2.45) is 5.92 Å². The lowest BCUT2D eigenvalue weighted by Crippen LogP contribution is -2.21. The summed E-state index contributed by atoms with van der Waals surface area (Å²) in [6.07, 6.45) is 6.31. The molecule has 0 saturated heterocycles. The Bertz CT molecular complexity index is 1190. The number of fused-ring (bicyclic) bond motifs is 1. The maximum atomic E-state index is 14.6. The molecule has 3 heterocycles. The first-order valence-corrected chi connectivity index (χ1v) is 8.90. The van der Waals surface area contributed by atoms with Crippen molar-refractivity contribution >= 4 is 11.2 Å². The third kappa shape index (κ3) is 3.40. The van der Waals surface area contributed by atoms with E-state index < -0.39 is 12.1 Å². The van der Waals surface area contributed by atoms with Crippen molar-refractivity contribution in [1.29, 1.82) is 5.26 Å². The number of nitrogens with zero attached hydrogens (tertiary/aromatic N) is 6. The van der Waals surface area contributed by atoms with E-state index in [4.69, 9.17) is 9.84 Å². The summed E-state index contributed by atoms with van der Waals surface area (Å²) in [5, 5.41) is 16.8. The molecule has 0 bridgehead atoms. The molecular formula is C20H18FN6O2+. The van der Waals surface area contributed by atoms with Gasteiger partial charge in [-0.15, -0.1) is 0 Å². The molecule has 29 heavy (non-hydrogen) atoms. The fourth-order valence-corrected chi connectivity index (χ4v) is 3.28. The molecule has 0 aromatic carbocycles. The Morgan fingerprint density at radius 3 is 2.86 bits per heavy atom. The third-order valence-electron chi connectivity index (χ3n) is 4.72. The van der Waals surface area contributed by atoms with Gasteiger partial charge in [0, 0.05) is 42.6 Å². The topological polar surface area (TPSA) is 112 Å². The molecule has 0 aliphatic heterocycles. The minimum absolute atomic E-state index is 0.148. The van der Waals surface area contributed by atoms with Crippen LogP contribution in [0.2, 0.25) is 0 Å². The van der Waals surface area contributed by atoms with Crippen LogP contribution >= 0.6 is 0 Å². The van der Waals surface area contributed by atoms with E-state index in [1.807, 2.05) is 0 Å². The number of aromatic nitrogens is 5. The number of allylic oxidation sites excluding steroid dienone is 3. The zero-order valence-corrected chi connectivity index (χ0v) is 15.8. The summed E-state index contributed by atoms with van der Waals surface area (Å²) < 4.78 is 21.6. The normalized spacial score (nSPS) is 18.5. The van der Waals surface area contributed by atoms with Gasteiger partial charge in [-0.2, -0.15) is 15.2 Å². The third-order valence-corrected chi connectivity index (χ3v) is 4.72. The minimum Gasteiger partial charge on any atom is -0.593 e. The number of hydrogen-bond donors (Lipinski definition) is 0. The van der Waals surface area contributed by atoms with Crippen molar-refractivity contribution < 1.29 is 14.2 Å². The summed E-state index contributed by atoms with van der Waals surface area (Å²) in [5.74, 6) is 0.167. The van der Waals surface area contributed by atoms with Crippen LogP contribution in [0.4, 0.5) is 4.39 Å². The first kappa shape index (κ1) is 18.6. The highest BCUT2D eigenvalue weighted by Crippen LogP contribution is 2.30. The second-order valence-corrected chi connectivity index (χ2v) is 6.68. The monoisotopic (exact) mass is 393 g/mol. The molecule has 3 aromatic rings. The Morgan fingerprint density at radius 2 is 2.14 bits per heavy atom. The molecule has 0 radical (unpaired) electrons. The first-order chi connectivity index (χ1) is 14.0. The van der Waals surface area contributed by atoms with Crippen LogP contribution in [0, 0.1) is 24.2 Å². The second kappa shape index (κ2) is 7.31. The van der Waals surface area contributed by atoms with E-state index in [-0.39, 0.29) is 18.3 Å². The van der Waals surface area contributed by atoms with Gasteiger partial charge in [0.25, 0.3) is 5.76 Å². The molecule has 8 nitrogen and oxygen atoms in total. The zero-order valence-electron chi connectivity index (χ0n) is 15.8. The van der Waals surface area contributed by atoms with Gasteiger partial charge in [-0.3, -0.25) is 4.98 Å². The molecule has 2 N–H and O–H groups in total. The largest absolute Gasteiger partial charge is 0.593 e. The lowest BCUT2D eigenvalue weighted by atomic mass is 9.98. The van der Waals surface area contributed by atoms with E-state index >= 15 is 0 Å². The molecule has 2 unspecified atom stereocenters. The summed E-state index contributed by atoms with van der Waals surface area (Å²) in [5.41, 5.74) is 2.71. The number of halogens is 1. The predicted molar refractivity (Wildman–Crippen MR) is 104 cm³/mol. The van der Waals surface area contributed by atoms with Gasteiger partial charge in [0.05, 0.1) is 18.4 Å². The Labute approximate surface area is 165 Å². The fraction of sp³-hybridized carbons (Fsp3) is 0.250. The molecule has 0 amide bonds. The Morgan fingerprint density at radius 1 is 1.31 bits per heavy atom. The zero-order chi connectivity index (χ0) is 20.5. The van der Waals surface area contributed by atoms with Gasteiger partial charge in [-0.05, 0) is 13.0 Å². The predicted octanol–water partition coefficient (Wildman–Crippen LogP) is 2.21. The maximum Gasteiger partial charge on any atom is 0.318 e. The Balaban J connectivity index is 1.90. The van der Waals surface area contributed by atoms with Crippen LogP contribution in [0.1, 0.15) is 11.3 Å². The van der Waals surface area contributed by atoms with Crippen LogP contribution in [0.15, 0.2) is 42.4 Å². The second-order valence-electron chi connectivity index (χ2n) is 6.68. The van der Waals surface area contributed by atoms with Crippen molar-refractivity contribution in [2.45, 2.75) is 19.6 Å². The molecule has 4 rings (SSSR count). The van der Waals surface area contributed by atoms with Gasteiger partial charge in [0.15, 0.2) is 5.65 Å². The van der Waals surface area contributed by atoms with Crippen molar-refractivity contribution in [1.82, 2.24) is 24.5 Å².